The molecule has 1 saturated carbocycles. The number of hydrogen-bond donors (Lipinski definition) is 4. The first-order valence-electron chi connectivity index (χ1n) is 45.4. The molecule has 0 unspecified atom stereocenters. The predicted molar refractivity (Wildman–Crippen MR) is 475 cm³/mol. The van der Waals surface area contributed by atoms with Crippen LogP contribution in [0.25, 0.3) is 33.4 Å². The highest BCUT2D eigenvalue weighted by Crippen LogP contribution is 2.40. The number of piperidine rings is 1. The number of fused-ring (bicyclic) bond motifs is 6. The van der Waals surface area contributed by atoms with E-state index in [0.29, 0.717) is 235 Å². The Morgan fingerprint density at radius 2 is 1.39 bits per heavy atom. The summed E-state index contributed by atoms with van der Waals surface area (Å²) >= 11 is 0. The number of nitrogens with two attached hydrogens (primary N) is 2. The fraction of sp³-hybridized carbons (Fsp3) is 0.660. The first-order valence-corrected chi connectivity index (χ1v) is 45.4. The quantitative estimate of drug-likeness (QED) is 0.0135. The lowest BCUT2D eigenvalue weighted by molar-refractivity contribution is -0.265. The van der Waals surface area contributed by atoms with E-state index in [4.69, 9.17) is 82.6 Å². The molecular weight excluding hydrogens is 1640 g/mol. The van der Waals surface area contributed by atoms with Crippen LogP contribution in [-0.4, -0.2) is 304 Å². The predicted octanol–water partition coefficient (Wildman–Crippen LogP) is 9.62. The number of anilines is 2. The molecule has 6 aliphatic rings. The van der Waals surface area contributed by atoms with Crippen LogP contribution in [0.3, 0.4) is 0 Å². The number of Topliss-reactive ketones (excluding diaryl/α,β-unsaturated/α-hetero) is 2. The molecule has 1 aliphatic carbocycles. The summed E-state index contributed by atoms with van der Waals surface area (Å²) in [5, 5.41) is 29.6. The van der Waals surface area contributed by atoms with Crippen molar-refractivity contribution in [2.75, 3.05) is 165 Å². The summed E-state index contributed by atoms with van der Waals surface area (Å²) in [4.78, 5) is 105. The Morgan fingerprint density at radius 3 is 2.08 bits per heavy atom. The second-order valence-electron chi connectivity index (χ2n) is 35.0. The van der Waals surface area contributed by atoms with Crippen molar-refractivity contribution in [1.82, 2.24) is 44.3 Å². The zero-order valence-electron chi connectivity index (χ0n) is 76.2. The third kappa shape index (κ3) is 27.3. The average Bonchev–Trinajstić information content (AvgIpc) is 1.61. The molecule has 0 spiro atoms. The molecule has 8 heterocycles. The molecule has 11 rings (SSSR count). The summed E-state index contributed by atoms with van der Waals surface area (Å²) in [7, 11) is 6.21. The van der Waals surface area contributed by atoms with Gasteiger partial charge in [0.05, 0.1) is 122 Å². The van der Waals surface area contributed by atoms with Gasteiger partial charge in [-0.15, -0.1) is 0 Å². The number of aliphatic hydroxyl groups is 2. The molecule has 2 bridgehead atoms. The van der Waals surface area contributed by atoms with Gasteiger partial charge in [-0.1, -0.05) is 89.3 Å². The van der Waals surface area contributed by atoms with Crippen molar-refractivity contribution >= 4 is 69.4 Å². The molecule has 3 amide bonds. The van der Waals surface area contributed by atoms with Gasteiger partial charge in [-0.05, 0) is 148 Å². The number of benzene rings is 2. The van der Waals surface area contributed by atoms with Crippen LogP contribution in [0.5, 0.6) is 0 Å². The number of piperazine rings is 1. The maximum absolute atomic E-state index is 15.0. The summed E-state index contributed by atoms with van der Waals surface area (Å²) in [5.74, 6) is -6.89. The molecule has 3 saturated heterocycles. The normalized spacial score (nSPS) is 28.5. The van der Waals surface area contributed by atoms with Crippen molar-refractivity contribution < 1.29 is 105 Å². The zero-order valence-corrected chi connectivity index (χ0v) is 76.2. The number of nitrogens with zero attached hydrogens (tertiary/aromatic N) is 9. The van der Waals surface area contributed by atoms with E-state index >= 15 is 0 Å². The van der Waals surface area contributed by atoms with Crippen molar-refractivity contribution in [3.8, 4) is 11.3 Å². The monoisotopic (exact) mass is 1770 g/mol. The van der Waals surface area contributed by atoms with Gasteiger partial charge in [0.2, 0.25) is 11.7 Å². The van der Waals surface area contributed by atoms with Crippen LogP contribution in [0, 0.1) is 35.5 Å². The van der Waals surface area contributed by atoms with Crippen LogP contribution in [0.15, 0.2) is 94.7 Å². The van der Waals surface area contributed by atoms with Crippen molar-refractivity contribution in [3.63, 3.8) is 0 Å². The minimum absolute atomic E-state index is 0.0115. The van der Waals surface area contributed by atoms with Crippen LogP contribution in [0.1, 0.15) is 149 Å². The SMILES string of the molecule is CO[C@H]1C[C@@H]2CC[C@@H](C)[C@@](O)(O2)C(=O)C(=O)N2CCCC[C@H]2C(=O)O[C@H]([C@H](C)C[C@@H]2CC[C@@H](OC(=O)N3CCN(CCOCCOCCOCCOCCOCCOCCC(=O)N4CCc5cc(Cn6nc(-c7ccc8oc(N)nc8c7)c7c(N)ncnc76)ccc5C4)CC3)[C@H](OC)C2)C[C@@H](OC)[C@H](C)/C=C(\C)[C@@H](O)[C@@H](OC)C(=O)[C@H](C)C[C@H](C)/C=C/C=C/C=C/1C. The topological polar surface area (TPSA) is 397 Å². The van der Waals surface area contributed by atoms with E-state index in [-0.39, 0.29) is 73.3 Å². The van der Waals surface area contributed by atoms with E-state index in [1.165, 1.54) is 23.9 Å². The van der Waals surface area contributed by atoms with Gasteiger partial charge in [-0.3, -0.25) is 24.1 Å². The van der Waals surface area contributed by atoms with E-state index in [2.05, 4.69) is 38.1 Å². The second kappa shape index (κ2) is 48.9. The van der Waals surface area contributed by atoms with Crippen LogP contribution in [-0.2, 0) is 105 Å². The molecule has 16 atom stereocenters. The number of cyclic esters (lactones) is 1. The van der Waals surface area contributed by atoms with E-state index in [1.807, 2.05) is 92.8 Å². The molecule has 33 nitrogen and oxygen atoms in total. The number of ether oxygens (including phenoxy) is 13. The number of oxazole rings is 1. The second-order valence-corrected chi connectivity index (χ2v) is 35.0. The lowest BCUT2D eigenvalue weighted by Crippen LogP contribution is -2.61. The third-order valence-corrected chi connectivity index (χ3v) is 25.9. The molecule has 127 heavy (non-hydrogen) atoms. The smallest absolute Gasteiger partial charge is 0.410 e. The van der Waals surface area contributed by atoms with Crippen LogP contribution in [0.4, 0.5) is 16.6 Å². The minimum Gasteiger partial charge on any atom is -0.460 e. The summed E-state index contributed by atoms with van der Waals surface area (Å²) in [6, 6.07) is 10.8. The molecule has 6 N–H and O–H groups in total. The van der Waals surface area contributed by atoms with Gasteiger partial charge in [0.1, 0.15) is 53.8 Å². The molecule has 4 fully saturated rings. The minimum atomic E-state index is -2.45. The number of carbonyl (C=O) groups is 6. The number of ketones is 2. The number of esters is 1. The van der Waals surface area contributed by atoms with Crippen molar-refractivity contribution in [2.45, 2.75) is 212 Å². The van der Waals surface area contributed by atoms with Gasteiger partial charge in [-0.25, -0.2) is 24.2 Å². The molecule has 0 radical (unpaired) electrons. The number of nitrogen functional groups attached to an aromatic ring is 2. The first-order chi connectivity index (χ1) is 61.3. The Labute approximate surface area is 746 Å². The van der Waals surface area contributed by atoms with Gasteiger partial charge in [0.15, 0.2) is 17.0 Å². The van der Waals surface area contributed by atoms with Gasteiger partial charge in [-0.2, -0.15) is 10.1 Å². The number of hydrogen-bond acceptors (Lipinski definition) is 29. The number of carbonyl (C=O) groups excluding carboxylic acids is 6. The Balaban J connectivity index is 0.548. The Bertz CT molecular complexity index is 4530. The number of amides is 3. The van der Waals surface area contributed by atoms with E-state index in [1.54, 1.807) is 46.1 Å². The Morgan fingerprint density at radius 1 is 0.685 bits per heavy atom. The first kappa shape index (κ1) is 99.1. The van der Waals surface area contributed by atoms with Gasteiger partial charge in [0.25, 0.3) is 17.7 Å². The highest BCUT2D eigenvalue weighted by molar-refractivity contribution is 6.39. The standard InChI is InChI=1S/C94H137N11O22/c1-60-17-13-12-14-18-61(2)77(114-8)55-72-25-20-66(7)94(113,127-72)87(109)90(110)104-30-16-15-19-74(104)91(111)124-79(56-78(115-9)62(3)50-65(6)85(108)86(117-11)84(107)64(5)49-60)63(4)51-67-22-26-76(80(53-67)116-10)126-93(112)102-34-32-101(33-35-102)36-38-119-40-42-121-44-46-123-48-47-122-45-43-120-41-39-118-37-29-81(106)103-31-28-69-52-68(21-23-71(69)58-103)57-105-89-82(88(95)97-59-98-89)83(100-105)70-24-27-75-73(54-70)99-92(96)125-75/h12-14,17-18,21,23-24,27,50,52,54,59-60,62-64,66-67,72,74,76-80,85-86,108,113H,15-16,19-20,22,25-26,28-49,51,53,55-58H2,1-11H3,(H2,96,99)(H2,95,97,98)/b14-12+,17-13+,61-18+,65-50+/t60-,62-,63-,64-,66-,67+,72+,74+,76-,77+,78-,79+,80-,85-,86+,94-/m1/s1. The number of aliphatic hydroxyl groups excluding tert-OH is 1. The lowest BCUT2D eigenvalue weighted by atomic mass is 9.78. The van der Waals surface area contributed by atoms with Crippen molar-refractivity contribution in [1.29, 1.82) is 0 Å². The average molecular weight is 1770 g/mol. The van der Waals surface area contributed by atoms with Crippen LogP contribution in [0.2, 0.25) is 0 Å². The van der Waals surface area contributed by atoms with Gasteiger partial charge in [0, 0.05) is 117 Å². The van der Waals surface area contributed by atoms with Gasteiger partial charge >= 0.3 is 12.1 Å². The lowest BCUT2D eigenvalue weighted by Gasteiger charge is -2.43. The number of allylic oxidation sites excluding steroid dienone is 5. The van der Waals surface area contributed by atoms with E-state index in [9.17, 15) is 39.0 Å². The van der Waals surface area contributed by atoms with E-state index in [0.717, 1.165) is 28.7 Å². The summed E-state index contributed by atoms with van der Waals surface area (Å²) in [6.45, 7) is 22.8. The highest BCUT2D eigenvalue weighted by atomic mass is 16.6. The zero-order chi connectivity index (χ0) is 90.7. The highest BCUT2D eigenvalue weighted by Gasteiger charge is 2.53. The summed E-state index contributed by atoms with van der Waals surface area (Å²) < 4.78 is 84.7. The van der Waals surface area contributed by atoms with Crippen LogP contribution < -0.4 is 11.5 Å². The molecule has 2 aromatic carbocycles. The van der Waals surface area contributed by atoms with Gasteiger partial charge < -0.3 is 102 Å². The maximum Gasteiger partial charge on any atom is 0.410 e. The molecule has 3 aromatic heterocycles. The molecule has 700 valence electrons. The third-order valence-electron chi connectivity index (χ3n) is 25.9. The van der Waals surface area contributed by atoms with Crippen LogP contribution >= 0.6 is 0 Å². The fourth-order valence-corrected chi connectivity index (χ4v) is 18.3. The summed E-state index contributed by atoms with van der Waals surface area (Å²) in [5.41, 5.74) is 20.1. The van der Waals surface area contributed by atoms with E-state index < -0.39 is 90.2 Å². The number of rotatable bonds is 32. The fourth-order valence-electron chi connectivity index (χ4n) is 18.3. The van der Waals surface area contributed by atoms with Crippen molar-refractivity contribution in [3.05, 3.63) is 107 Å². The Hall–Kier alpha value is -8.52. The molecule has 5 aliphatic heterocycles. The molecule has 5 aromatic rings. The largest absolute Gasteiger partial charge is 0.460 e. The van der Waals surface area contributed by atoms with Crippen molar-refractivity contribution in [2.24, 2.45) is 35.5 Å². The maximum atomic E-state index is 15.0. The summed E-state index contributed by atoms with van der Waals surface area (Å²) in [6.07, 6.45) is 13.5. The number of aromatic nitrogens is 5. The molecular formula is C94H137N11O22. The molecule has 33 heteroatoms. The Kier molecular flexibility index (Phi) is 38.2. The number of methoxy groups -OCH3 is 4.